The Labute approximate surface area is 196 Å². The van der Waals surface area contributed by atoms with E-state index >= 15 is 0 Å². The molecule has 0 aliphatic carbocycles. The lowest BCUT2D eigenvalue weighted by molar-refractivity contribution is -0.126. The third-order valence-electron chi connectivity index (χ3n) is 5.76. The summed E-state index contributed by atoms with van der Waals surface area (Å²) in [4.78, 5) is 27.2. The molecule has 0 radical (unpaired) electrons. The zero-order chi connectivity index (χ0) is 23.5. The molecule has 0 spiro atoms. The quantitative estimate of drug-likeness (QED) is 0.471. The van der Waals surface area contributed by atoms with Crippen molar-refractivity contribution in [3.63, 3.8) is 0 Å². The first-order valence-corrected chi connectivity index (χ1v) is 11.0. The second-order valence-corrected chi connectivity index (χ2v) is 7.97. The summed E-state index contributed by atoms with van der Waals surface area (Å²) in [6.07, 6.45) is 4.85. The molecule has 0 bridgehead atoms. The number of ether oxygens (including phenoxy) is 1. The number of amides is 1. The van der Waals surface area contributed by atoms with Gasteiger partial charge in [-0.2, -0.15) is 5.10 Å². The molecule has 4 heterocycles. The first-order chi connectivity index (χ1) is 16.6. The number of nitrogen functional groups attached to an aromatic ring is 1. The van der Waals surface area contributed by atoms with Gasteiger partial charge in [-0.05, 0) is 43.9 Å². The number of piperidine rings is 1. The number of carbonyl (C=O) groups is 1. The molecule has 1 saturated heterocycles. The van der Waals surface area contributed by atoms with E-state index < -0.39 is 0 Å². The van der Waals surface area contributed by atoms with Crippen molar-refractivity contribution in [1.29, 1.82) is 0 Å². The number of hydrogen-bond donors (Lipinski definition) is 1. The summed E-state index contributed by atoms with van der Waals surface area (Å²) in [5.41, 5.74) is 8.30. The third-order valence-corrected chi connectivity index (χ3v) is 5.76. The van der Waals surface area contributed by atoms with Gasteiger partial charge in [0.1, 0.15) is 23.6 Å². The number of anilines is 1. The minimum atomic E-state index is -0.170. The normalized spacial score (nSPS) is 15.6. The molecule has 4 aromatic rings. The number of benzene rings is 1. The predicted molar refractivity (Wildman–Crippen MR) is 128 cm³/mol. The van der Waals surface area contributed by atoms with E-state index in [0.29, 0.717) is 47.3 Å². The van der Waals surface area contributed by atoms with Crippen LogP contribution in [0.3, 0.4) is 0 Å². The van der Waals surface area contributed by atoms with Gasteiger partial charge in [-0.25, -0.2) is 19.6 Å². The van der Waals surface area contributed by atoms with Crippen molar-refractivity contribution < 1.29 is 9.53 Å². The van der Waals surface area contributed by atoms with E-state index in [0.717, 1.165) is 18.4 Å². The Morgan fingerprint density at radius 3 is 2.76 bits per heavy atom. The topological polar surface area (TPSA) is 112 Å². The predicted octanol–water partition coefficient (Wildman–Crippen LogP) is 3.45. The van der Waals surface area contributed by atoms with Crippen LogP contribution in [0.15, 0.2) is 55.0 Å². The Bertz CT molecular complexity index is 1390. The Kier molecular flexibility index (Phi) is 5.79. The highest BCUT2D eigenvalue weighted by molar-refractivity contribution is 5.98. The van der Waals surface area contributed by atoms with E-state index in [1.807, 2.05) is 41.1 Å². The molecule has 9 nitrogen and oxygen atoms in total. The van der Waals surface area contributed by atoms with Crippen LogP contribution in [-0.2, 0) is 4.79 Å². The van der Waals surface area contributed by atoms with Gasteiger partial charge in [0.15, 0.2) is 5.65 Å². The number of rotatable bonds is 4. The molecule has 1 fully saturated rings. The SMILES string of the molecule is CC#CC(=O)N1CCCC(n2nc(-c3ccc(Oc4ccccc4)nc3)c3c(N)ncnc32)C1. The first-order valence-electron chi connectivity index (χ1n) is 11.0. The molecule has 9 heteroatoms. The van der Waals surface area contributed by atoms with Gasteiger partial charge in [-0.3, -0.25) is 4.79 Å². The number of aromatic nitrogens is 5. The maximum absolute atomic E-state index is 12.3. The molecule has 34 heavy (non-hydrogen) atoms. The highest BCUT2D eigenvalue weighted by atomic mass is 16.5. The van der Waals surface area contributed by atoms with Crippen LogP contribution in [0.25, 0.3) is 22.3 Å². The van der Waals surface area contributed by atoms with Crippen LogP contribution in [0, 0.1) is 11.8 Å². The molecule has 1 atom stereocenters. The third kappa shape index (κ3) is 4.13. The zero-order valence-corrected chi connectivity index (χ0v) is 18.7. The fourth-order valence-corrected chi connectivity index (χ4v) is 4.17. The molecule has 170 valence electrons. The Morgan fingerprint density at radius 1 is 1.15 bits per heavy atom. The summed E-state index contributed by atoms with van der Waals surface area (Å²) in [5, 5.41) is 5.54. The van der Waals surface area contributed by atoms with E-state index in [-0.39, 0.29) is 11.9 Å². The van der Waals surface area contributed by atoms with Gasteiger partial charge < -0.3 is 15.4 Å². The van der Waals surface area contributed by atoms with Crippen LogP contribution < -0.4 is 10.5 Å². The van der Waals surface area contributed by atoms with Crippen LogP contribution in [0.1, 0.15) is 25.8 Å². The van der Waals surface area contributed by atoms with E-state index in [9.17, 15) is 4.79 Å². The van der Waals surface area contributed by atoms with E-state index in [1.165, 1.54) is 6.33 Å². The molecule has 1 amide bonds. The average Bonchev–Trinajstić information content (AvgIpc) is 3.26. The summed E-state index contributed by atoms with van der Waals surface area (Å²) in [6.45, 7) is 2.85. The van der Waals surface area contributed by atoms with Crippen LogP contribution in [-0.4, -0.2) is 48.6 Å². The molecule has 1 aliphatic heterocycles. The minimum absolute atomic E-state index is 0.0458. The summed E-state index contributed by atoms with van der Waals surface area (Å²) in [6, 6.07) is 13.1. The standard InChI is InChI=1S/C25H23N7O2/c1-2-7-21(33)31-13-6-8-18(15-31)32-25-22(24(26)28-16-29-25)23(30-32)17-11-12-20(27-14-17)34-19-9-4-3-5-10-19/h3-5,9-12,14,16,18H,6,8,13,15H2,1H3,(H2,26,28,29). The van der Waals surface area contributed by atoms with Crippen LogP contribution in [0.5, 0.6) is 11.6 Å². The molecular formula is C25H23N7O2. The number of nitrogens with two attached hydrogens (primary N) is 1. The van der Waals surface area contributed by atoms with Crippen molar-refractivity contribution in [1.82, 2.24) is 29.6 Å². The van der Waals surface area contributed by atoms with Crippen LogP contribution in [0.2, 0.25) is 0 Å². The molecule has 1 unspecified atom stereocenters. The van der Waals surface area contributed by atoms with Gasteiger partial charge in [0, 0.05) is 30.9 Å². The number of para-hydroxylation sites is 1. The molecule has 0 saturated carbocycles. The van der Waals surface area contributed by atoms with Gasteiger partial charge >= 0.3 is 0 Å². The van der Waals surface area contributed by atoms with Crippen molar-refractivity contribution in [2.24, 2.45) is 0 Å². The highest BCUT2D eigenvalue weighted by Crippen LogP contribution is 2.34. The lowest BCUT2D eigenvalue weighted by Gasteiger charge is -2.31. The Hall–Kier alpha value is -4.45. The molecular weight excluding hydrogens is 430 g/mol. The monoisotopic (exact) mass is 453 g/mol. The highest BCUT2D eigenvalue weighted by Gasteiger charge is 2.28. The number of likely N-dealkylation sites (tertiary alicyclic amines) is 1. The van der Waals surface area contributed by atoms with E-state index in [4.69, 9.17) is 15.6 Å². The number of carbonyl (C=O) groups excluding carboxylic acids is 1. The fourth-order valence-electron chi connectivity index (χ4n) is 4.17. The number of nitrogens with zero attached hydrogens (tertiary/aromatic N) is 6. The van der Waals surface area contributed by atoms with Crippen LogP contribution in [0.4, 0.5) is 5.82 Å². The van der Waals surface area contributed by atoms with Crippen molar-refractivity contribution in [3.05, 3.63) is 55.0 Å². The summed E-state index contributed by atoms with van der Waals surface area (Å²) < 4.78 is 7.66. The van der Waals surface area contributed by atoms with Gasteiger partial charge in [-0.15, -0.1) is 0 Å². The summed E-state index contributed by atoms with van der Waals surface area (Å²) in [5.74, 6) is 6.67. The molecule has 1 aromatic carbocycles. The second kappa shape index (κ2) is 9.19. The smallest absolute Gasteiger partial charge is 0.298 e. The maximum Gasteiger partial charge on any atom is 0.298 e. The Morgan fingerprint density at radius 2 is 2.00 bits per heavy atom. The molecule has 5 rings (SSSR count). The number of fused-ring (bicyclic) bond motifs is 1. The minimum Gasteiger partial charge on any atom is -0.439 e. The lowest BCUT2D eigenvalue weighted by Crippen LogP contribution is -2.40. The maximum atomic E-state index is 12.3. The molecule has 2 N–H and O–H groups in total. The fraction of sp³-hybridized carbons (Fsp3) is 0.240. The second-order valence-electron chi connectivity index (χ2n) is 7.97. The van der Waals surface area contributed by atoms with Crippen molar-refractivity contribution in [3.8, 4) is 34.7 Å². The molecule has 1 aliphatic rings. The van der Waals surface area contributed by atoms with Gasteiger partial charge in [0.2, 0.25) is 5.88 Å². The van der Waals surface area contributed by atoms with Crippen molar-refractivity contribution in [2.75, 3.05) is 18.8 Å². The lowest BCUT2D eigenvalue weighted by atomic mass is 10.1. The van der Waals surface area contributed by atoms with Gasteiger partial charge in [0.05, 0.1) is 11.4 Å². The summed E-state index contributed by atoms with van der Waals surface area (Å²) in [7, 11) is 0. The van der Waals surface area contributed by atoms with Gasteiger partial charge in [-0.1, -0.05) is 24.1 Å². The first kappa shape index (κ1) is 21.4. The number of hydrogen-bond acceptors (Lipinski definition) is 7. The van der Waals surface area contributed by atoms with E-state index in [1.54, 1.807) is 24.1 Å². The van der Waals surface area contributed by atoms with Crippen molar-refractivity contribution in [2.45, 2.75) is 25.8 Å². The largest absolute Gasteiger partial charge is 0.439 e. The van der Waals surface area contributed by atoms with Crippen LogP contribution >= 0.6 is 0 Å². The molecule has 3 aromatic heterocycles. The van der Waals surface area contributed by atoms with Gasteiger partial charge in [0.25, 0.3) is 5.91 Å². The number of pyridine rings is 1. The zero-order valence-electron chi connectivity index (χ0n) is 18.7. The van der Waals surface area contributed by atoms with E-state index in [2.05, 4.69) is 26.8 Å². The average molecular weight is 454 g/mol. The van der Waals surface area contributed by atoms with Crippen molar-refractivity contribution >= 4 is 22.8 Å². The Balaban J connectivity index is 1.49. The summed E-state index contributed by atoms with van der Waals surface area (Å²) >= 11 is 0.